The Morgan fingerprint density at radius 1 is 0.140 bits per heavy atom. The zero-order valence-electron chi connectivity index (χ0n) is 67.3. The SMILES string of the molecule is CCCN(CCC)P(=N[P+](N=P(N(CCC)CCC)(N(CCC)CCC)N(CCC)CCC)(N=P(N(CCC)CCC)(N(CCC)CCC)N(CCC)CCC)N=P(N(CCC)CCC)(N(CCC)CCC)N(CCC)CCC)(N(CCC)CCC)N(CCC)CCC. The molecule has 0 amide bonds. The van der Waals surface area contributed by atoms with Crippen LogP contribution in [0.3, 0.4) is 0 Å². The molecule has 0 aliphatic rings. The summed E-state index contributed by atoms with van der Waals surface area (Å²) in [7, 11) is -16.3. The minimum atomic E-state index is -4.00. The monoisotopic (exact) mass is 1410 g/mol. The fourth-order valence-electron chi connectivity index (χ4n) is 14.3. The van der Waals surface area contributed by atoms with Crippen LogP contribution < -0.4 is 0 Å². The van der Waals surface area contributed by atoms with E-state index in [1.54, 1.807) is 0 Å². The number of hydrogen-bond donors (Lipinski definition) is 0. The maximum Gasteiger partial charge on any atom is 0.502 e. The van der Waals surface area contributed by atoms with Gasteiger partial charge < -0.3 is 0 Å². The van der Waals surface area contributed by atoms with Crippen molar-refractivity contribution in [3.8, 4) is 0 Å². The van der Waals surface area contributed by atoms with Crippen molar-refractivity contribution in [2.75, 3.05) is 157 Å². The highest BCUT2D eigenvalue weighted by molar-refractivity contribution is 7.88. The Hall–Kier alpha value is 0.870. The quantitative estimate of drug-likeness (QED) is 0.0544. The second kappa shape index (κ2) is 55.5. The van der Waals surface area contributed by atoms with E-state index in [0.29, 0.717) is 0 Å². The summed E-state index contributed by atoms with van der Waals surface area (Å²) >= 11 is 0. The summed E-state index contributed by atoms with van der Waals surface area (Å²) in [4.78, 5) is 0. The lowest BCUT2D eigenvalue weighted by Crippen LogP contribution is -2.45. The molecule has 0 N–H and O–H groups in total. The summed E-state index contributed by atoms with van der Waals surface area (Å²) in [6, 6.07) is 0. The van der Waals surface area contributed by atoms with Crippen molar-refractivity contribution in [2.24, 2.45) is 18.1 Å². The van der Waals surface area contributed by atoms with Crippen LogP contribution in [0.15, 0.2) is 18.1 Å². The molecule has 0 unspecified atom stereocenters. The molecule has 0 rings (SSSR count). The van der Waals surface area contributed by atoms with Gasteiger partial charge in [0.1, 0.15) is 0 Å². The molecule has 560 valence electrons. The third-order valence-corrected chi connectivity index (χ3v) is 38.7. The van der Waals surface area contributed by atoms with Gasteiger partial charge in [0, 0.05) is 157 Å². The Morgan fingerprint density at radius 2 is 0.204 bits per heavy atom. The summed E-state index contributed by atoms with van der Waals surface area (Å²) in [5, 5.41) is 0. The third-order valence-electron chi connectivity index (χ3n) is 17.1. The number of rotatable bonds is 64. The summed E-state index contributed by atoms with van der Waals surface area (Å²) < 4.78 is 68.2. The average Bonchev–Trinajstić information content (AvgIpc) is 0.715. The minimum absolute atomic E-state index is 0.980. The van der Waals surface area contributed by atoms with Crippen LogP contribution in [-0.4, -0.2) is 213 Å². The first-order valence-corrected chi connectivity index (χ1v) is 48.6. The van der Waals surface area contributed by atoms with Crippen LogP contribution in [0.4, 0.5) is 0 Å². The molecule has 0 atom stereocenters. The van der Waals surface area contributed by atoms with Crippen molar-refractivity contribution in [3.05, 3.63) is 0 Å². The average molecular weight is 1410 g/mol. The van der Waals surface area contributed by atoms with E-state index in [0.717, 1.165) is 311 Å². The van der Waals surface area contributed by atoms with Crippen molar-refractivity contribution in [1.29, 1.82) is 0 Å². The van der Waals surface area contributed by atoms with Crippen LogP contribution in [0, 0.1) is 0 Å². The second-order valence-electron chi connectivity index (χ2n) is 26.5. The van der Waals surface area contributed by atoms with Crippen LogP contribution >= 0.6 is 37.9 Å². The molecule has 0 aromatic rings. The first kappa shape index (κ1) is 93.9. The van der Waals surface area contributed by atoms with Gasteiger partial charge in [-0.05, 0) is 172 Å². The second-order valence-corrected chi connectivity index (χ2v) is 41.5. The Morgan fingerprint density at radius 3 is 0.258 bits per heavy atom. The molecular weight excluding hydrogens is 1240 g/mol. The fraction of sp³-hybridized carbons (Fsp3) is 1.00. The van der Waals surface area contributed by atoms with Crippen molar-refractivity contribution >= 4 is 37.9 Å². The van der Waals surface area contributed by atoms with Gasteiger partial charge in [-0.15, -0.1) is 0 Å². The Labute approximate surface area is 586 Å². The van der Waals surface area contributed by atoms with E-state index in [1.165, 1.54) is 0 Å². The van der Waals surface area contributed by atoms with E-state index in [-0.39, 0.29) is 0 Å². The topological polar surface area (TPSA) is 88.3 Å². The van der Waals surface area contributed by atoms with Gasteiger partial charge in [0.25, 0.3) is 0 Å². The van der Waals surface area contributed by atoms with Crippen molar-refractivity contribution in [1.82, 2.24) is 56.0 Å². The molecule has 0 saturated carbocycles. The zero-order valence-corrected chi connectivity index (χ0v) is 71.8. The maximum absolute atomic E-state index is 7.87. The predicted molar refractivity (Wildman–Crippen MR) is 430 cm³/mol. The number of hydrogen-bond acceptors (Lipinski definition) is 4. The molecular formula is C72H168N16P5+. The number of nitrogens with zero attached hydrogens (tertiary/aromatic N) is 16. The Balaban J connectivity index is 14.6. The lowest BCUT2D eigenvalue weighted by atomic mass is 10.4. The van der Waals surface area contributed by atoms with Gasteiger partial charge in [-0.3, -0.25) is 0 Å². The van der Waals surface area contributed by atoms with Crippen LogP contribution in [-0.2, 0) is 0 Å². The molecule has 0 bridgehead atoms. The molecule has 93 heavy (non-hydrogen) atoms. The largest absolute Gasteiger partial charge is 0.502 e. The first-order chi connectivity index (χ1) is 45.1. The van der Waals surface area contributed by atoms with E-state index in [2.05, 4.69) is 222 Å². The summed E-state index contributed by atoms with van der Waals surface area (Å²) in [5.41, 5.74) is 0. The highest BCUT2D eigenvalue weighted by atomic mass is 31.3. The van der Waals surface area contributed by atoms with Gasteiger partial charge in [0.15, 0.2) is 0 Å². The van der Waals surface area contributed by atoms with E-state index in [9.17, 15) is 0 Å². The van der Waals surface area contributed by atoms with Crippen LogP contribution in [0.2, 0.25) is 0 Å². The maximum atomic E-state index is 7.87. The highest BCUT2D eigenvalue weighted by Crippen LogP contribution is 2.88. The molecule has 0 aliphatic carbocycles. The van der Waals surface area contributed by atoms with Gasteiger partial charge in [0.2, 0.25) is 30.0 Å². The molecule has 0 aromatic carbocycles. The van der Waals surface area contributed by atoms with E-state index in [1.807, 2.05) is 0 Å². The molecule has 21 heteroatoms. The molecule has 0 radical (unpaired) electrons. The Bertz CT molecular complexity index is 1480. The summed E-state index contributed by atoms with van der Waals surface area (Å²) in [6.45, 7) is 82.7. The highest BCUT2D eigenvalue weighted by Gasteiger charge is 2.61. The van der Waals surface area contributed by atoms with Crippen LogP contribution in [0.25, 0.3) is 0 Å². The van der Waals surface area contributed by atoms with Crippen molar-refractivity contribution in [2.45, 2.75) is 320 Å². The molecule has 0 aliphatic heterocycles. The molecule has 0 saturated heterocycles. The predicted octanol–water partition coefficient (Wildman–Crippen LogP) is 23.9. The van der Waals surface area contributed by atoms with Gasteiger partial charge in [0.05, 0.1) is 0 Å². The molecule has 0 spiro atoms. The molecule has 0 aromatic heterocycles. The van der Waals surface area contributed by atoms with E-state index >= 15 is 0 Å². The van der Waals surface area contributed by atoms with E-state index < -0.39 is 37.9 Å². The van der Waals surface area contributed by atoms with Gasteiger partial charge in [-0.1, -0.05) is 166 Å². The van der Waals surface area contributed by atoms with Crippen LogP contribution in [0.5, 0.6) is 0 Å². The van der Waals surface area contributed by atoms with Gasteiger partial charge >= 0.3 is 7.87 Å². The standard InChI is InChI=1S/C72H168N16P5/c1-25-49-77(50-26-2)90(78(51-27-3)52-28-4,79(53-29-5)54-30-6)73-89(74-91(80(55-31-7)56-32-8,81(57-33-9)58-34-10)82(59-35-11)60-36-12,75-92(83(61-37-13)62-38-14,84(63-39-15)64-40-16)85(65-41-17)66-42-18)76-93(86(67-43-19)68-44-20,87(69-45-21)70-46-22)88(71-47-23)72-48-24/h25-72H2,1-24H3/q+1. The fourth-order valence-corrected chi connectivity index (χ4v) is 43.2. The lowest BCUT2D eigenvalue weighted by Gasteiger charge is -2.52. The molecule has 16 nitrogen and oxygen atoms in total. The first-order valence-electron chi connectivity index (χ1n) is 40.6. The van der Waals surface area contributed by atoms with E-state index in [4.69, 9.17) is 18.1 Å². The minimum Gasteiger partial charge on any atom is -0.243 e. The van der Waals surface area contributed by atoms with Gasteiger partial charge in [-0.25, -0.2) is 56.0 Å². The van der Waals surface area contributed by atoms with Gasteiger partial charge in [-0.2, -0.15) is 0 Å². The molecule has 0 fully saturated rings. The third kappa shape index (κ3) is 26.9. The normalized spacial score (nSPS) is 13.4. The summed E-state index contributed by atoms with van der Waals surface area (Å²) in [6.07, 6.45) is 25.4. The summed E-state index contributed by atoms with van der Waals surface area (Å²) in [5.74, 6) is 0. The Kier molecular flexibility index (Phi) is 56.0. The zero-order chi connectivity index (χ0) is 70.2. The smallest absolute Gasteiger partial charge is 0.243 e. The van der Waals surface area contributed by atoms with Crippen molar-refractivity contribution in [3.63, 3.8) is 0 Å². The molecule has 0 heterocycles. The lowest BCUT2D eigenvalue weighted by molar-refractivity contribution is 0.301. The van der Waals surface area contributed by atoms with Crippen molar-refractivity contribution < 1.29 is 0 Å². The van der Waals surface area contributed by atoms with Crippen LogP contribution in [0.1, 0.15) is 320 Å².